The van der Waals surface area contributed by atoms with Gasteiger partial charge in [0.25, 0.3) is 0 Å². The molecule has 2 rings (SSSR count). The Hall–Kier alpha value is -1.96. The monoisotopic (exact) mass is 270 g/mol. The van der Waals surface area contributed by atoms with Gasteiger partial charge in [0.1, 0.15) is 11.5 Å². The lowest BCUT2D eigenvalue weighted by Gasteiger charge is -2.17. The van der Waals surface area contributed by atoms with E-state index in [1.54, 1.807) is 6.07 Å². The molecular formula is C18H22O2. The van der Waals surface area contributed by atoms with Crippen LogP contribution in [0, 0.1) is 0 Å². The molecule has 2 nitrogen and oxygen atoms in total. The zero-order valence-electron chi connectivity index (χ0n) is 12.4. The average Bonchev–Trinajstić information content (AvgIpc) is 2.47. The molecule has 106 valence electrons. The minimum absolute atomic E-state index is 0.164. The second-order valence-corrected chi connectivity index (χ2v) is 4.97. The van der Waals surface area contributed by atoms with E-state index in [1.807, 2.05) is 38.1 Å². The summed E-state index contributed by atoms with van der Waals surface area (Å²) in [5.41, 5.74) is 4.56. The molecule has 0 atom stereocenters. The van der Waals surface area contributed by atoms with E-state index < -0.39 is 0 Å². The van der Waals surface area contributed by atoms with E-state index in [2.05, 4.69) is 6.92 Å². The van der Waals surface area contributed by atoms with Gasteiger partial charge in [0.15, 0.2) is 0 Å². The third kappa shape index (κ3) is 2.38. The van der Waals surface area contributed by atoms with Gasteiger partial charge in [-0.15, -0.1) is 0 Å². The van der Waals surface area contributed by atoms with Crippen molar-refractivity contribution in [2.45, 2.75) is 40.0 Å². The predicted octanol–water partition coefficient (Wildman–Crippen LogP) is 4.45. The molecule has 0 saturated carbocycles. The summed E-state index contributed by atoms with van der Waals surface area (Å²) in [4.78, 5) is 0. The first-order valence-corrected chi connectivity index (χ1v) is 7.28. The van der Waals surface area contributed by atoms with Crippen LogP contribution in [0.1, 0.15) is 37.5 Å². The molecule has 0 radical (unpaired) electrons. The summed E-state index contributed by atoms with van der Waals surface area (Å²) in [5.74, 6) is 0.391. The van der Waals surface area contributed by atoms with Crippen molar-refractivity contribution in [1.29, 1.82) is 0 Å². The first-order valence-electron chi connectivity index (χ1n) is 7.28. The fourth-order valence-corrected chi connectivity index (χ4v) is 2.80. The molecule has 0 amide bonds. The number of hydrogen-bond acceptors (Lipinski definition) is 2. The molecule has 2 heteroatoms. The van der Waals surface area contributed by atoms with Gasteiger partial charge in [-0.1, -0.05) is 45.0 Å². The van der Waals surface area contributed by atoms with Gasteiger partial charge in [0, 0.05) is 0 Å². The highest BCUT2D eigenvalue weighted by Crippen LogP contribution is 2.43. The van der Waals surface area contributed by atoms with Crippen LogP contribution in [0.4, 0.5) is 0 Å². The molecule has 0 aliphatic rings. The highest BCUT2D eigenvalue weighted by atomic mass is 16.3. The Balaban J connectivity index is 2.74. The van der Waals surface area contributed by atoms with Gasteiger partial charge < -0.3 is 10.2 Å². The average molecular weight is 270 g/mol. The predicted molar refractivity (Wildman–Crippen MR) is 83.3 cm³/mol. The van der Waals surface area contributed by atoms with Crippen molar-refractivity contribution in [2.75, 3.05) is 0 Å². The lowest BCUT2D eigenvalue weighted by atomic mass is 9.91. The first-order chi connectivity index (χ1) is 9.63. The second-order valence-electron chi connectivity index (χ2n) is 4.97. The van der Waals surface area contributed by atoms with E-state index in [4.69, 9.17) is 0 Å². The molecule has 0 aliphatic carbocycles. The Labute approximate surface area is 120 Å². The minimum atomic E-state index is 0.164. The van der Waals surface area contributed by atoms with Crippen molar-refractivity contribution in [1.82, 2.24) is 0 Å². The van der Waals surface area contributed by atoms with Gasteiger partial charge in [-0.2, -0.15) is 0 Å². The van der Waals surface area contributed by atoms with E-state index >= 15 is 0 Å². The molecule has 0 unspecified atom stereocenters. The van der Waals surface area contributed by atoms with Crippen molar-refractivity contribution in [3.8, 4) is 22.6 Å². The van der Waals surface area contributed by atoms with Crippen molar-refractivity contribution in [3.63, 3.8) is 0 Å². The van der Waals surface area contributed by atoms with Crippen molar-refractivity contribution < 1.29 is 10.2 Å². The Morgan fingerprint density at radius 2 is 1.50 bits per heavy atom. The van der Waals surface area contributed by atoms with E-state index in [9.17, 15) is 10.2 Å². The van der Waals surface area contributed by atoms with Crippen molar-refractivity contribution in [3.05, 3.63) is 47.0 Å². The number of rotatable bonds is 4. The van der Waals surface area contributed by atoms with Gasteiger partial charge in [0.05, 0.1) is 5.56 Å². The van der Waals surface area contributed by atoms with Crippen LogP contribution in [0.5, 0.6) is 11.5 Å². The highest BCUT2D eigenvalue weighted by Gasteiger charge is 2.18. The van der Waals surface area contributed by atoms with Gasteiger partial charge in [0.2, 0.25) is 0 Å². The smallest absolute Gasteiger partial charge is 0.130 e. The van der Waals surface area contributed by atoms with Crippen LogP contribution in [-0.2, 0) is 19.3 Å². The van der Waals surface area contributed by atoms with Crippen LogP contribution in [0.15, 0.2) is 30.3 Å². The summed E-state index contributed by atoms with van der Waals surface area (Å²) >= 11 is 0. The largest absolute Gasteiger partial charge is 0.507 e. The van der Waals surface area contributed by atoms with E-state index in [-0.39, 0.29) is 11.5 Å². The van der Waals surface area contributed by atoms with Crippen LogP contribution in [0.25, 0.3) is 11.1 Å². The third-order valence-electron chi connectivity index (χ3n) is 3.88. The number of aryl methyl sites for hydroxylation is 2. The molecule has 2 N–H and O–H groups in total. The molecule has 0 heterocycles. The zero-order chi connectivity index (χ0) is 14.7. The molecule has 0 fully saturated rings. The third-order valence-corrected chi connectivity index (χ3v) is 3.88. The molecular weight excluding hydrogens is 248 g/mol. The molecule has 0 spiro atoms. The minimum Gasteiger partial charge on any atom is -0.507 e. The van der Waals surface area contributed by atoms with Crippen LogP contribution in [0.3, 0.4) is 0 Å². The Kier molecular flexibility index (Phi) is 4.33. The van der Waals surface area contributed by atoms with Crippen molar-refractivity contribution in [2.24, 2.45) is 0 Å². The molecule has 2 aromatic rings. The number of phenols is 2. The van der Waals surface area contributed by atoms with Gasteiger partial charge >= 0.3 is 0 Å². The van der Waals surface area contributed by atoms with E-state index in [0.717, 1.165) is 41.5 Å². The quantitative estimate of drug-likeness (QED) is 0.861. The maximum atomic E-state index is 10.6. The molecule has 0 saturated heterocycles. The van der Waals surface area contributed by atoms with Crippen LogP contribution >= 0.6 is 0 Å². The number of aromatic hydroxyl groups is 2. The highest BCUT2D eigenvalue weighted by molar-refractivity contribution is 5.80. The van der Waals surface area contributed by atoms with Gasteiger partial charge in [-0.25, -0.2) is 0 Å². The summed E-state index contributed by atoms with van der Waals surface area (Å²) in [5, 5.41) is 20.9. The number of phenolic OH excluding ortho intramolecular Hbond substituents is 2. The Morgan fingerprint density at radius 1 is 0.850 bits per heavy atom. The first kappa shape index (κ1) is 14.4. The van der Waals surface area contributed by atoms with Gasteiger partial charge in [-0.05, 0) is 47.6 Å². The zero-order valence-corrected chi connectivity index (χ0v) is 12.4. The SMILES string of the molecule is CCc1ccccc1-c1c(O)cc(CC)c(CC)c1O. The van der Waals surface area contributed by atoms with Crippen LogP contribution in [-0.4, -0.2) is 10.2 Å². The maximum Gasteiger partial charge on any atom is 0.130 e. The van der Waals surface area contributed by atoms with Crippen LogP contribution < -0.4 is 0 Å². The Morgan fingerprint density at radius 3 is 2.10 bits per heavy atom. The lowest BCUT2D eigenvalue weighted by Crippen LogP contribution is -1.96. The standard InChI is InChI=1S/C18H22O2/c1-4-12-9-7-8-10-15(12)17-16(19)11-13(5-2)14(6-3)18(17)20/h7-11,19-20H,4-6H2,1-3H3. The fourth-order valence-electron chi connectivity index (χ4n) is 2.80. The summed E-state index contributed by atoms with van der Waals surface area (Å²) in [6, 6.07) is 9.71. The van der Waals surface area contributed by atoms with E-state index in [1.165, 1.54) is 0 Å². The number of hydrogen-bond donors (Lipinski definition) is 2. The van der Waals surface area contributed by atoms with E-state index in [0.29, 0.717) is 5.56 Å². The number of benzene rings is 2. The van der Waals surface area contributed by atoms with Crippen molar-refractivity contribution >= 4 is 0 Å². The molecule has 0 bridgehead atoms. The summed E-state index contributed by atoms with van der Waals surface area (Å²) in [6.45, 7) is 6.14. The maximum absolute atomic E-state index is 10.6. The lowest BCUT2D eigenvalue weighted by molar-refractivity contribution is 0.448. The Bertz CT molecular complexity index is 615. The summed E-state index contributed by atoms with van der Waals surface area (Å²) in [6.07, 6.45) is 2.43. The second kappa shape index (κ2) is 6.00. The molecule has 0 aliphatic heterocycles. The fraction of sp³-hybridized carbons (Fsp3) is 0.333. The van der Waals surface area contributed by atoms with Gasteiger partial charge in [-0.3, -0.25) is 0 Å². The normalized spacial score (nSPS) is 10.8. The van der Waals surface area contributed by atoms with Crippen LogP contribution in [0.2, 0.25) is 0 Å². The molecule has 2 aromatic carbocycles. The molecule has 0 aromatic heterocycles. The summed E-state index contributed by atoms with van der Waals surface area (Å²) in [7, 11) is 0. The molecule has 20 heavy (non-hydrogen) atoms. The topological polar surface area (TPSA) is 40.5 Å². The summed E-state index contributed by atoms with van der Waals surface area (Å²) < 4.78 is 0.